The van der Waals surface area contributed by atoms with Crippen molar-refractivity contribution in [2.24, 2.45) is 0 Å². The average Bonchev–Trinajstić information content (AvgIpc) is 3.17. The summed E-state index contributed by atoms with van der Waals surface area (Å²) < 4.78 is 41.7. The smallest absolute Gasteiger partial charge is 0.329 e. The largest absolute Gasteiger partial charge is 0.471 e. The van der Waals surface area contributed by atoms with Crippen molar-refractivity contribution in [3.8, 4) is 11.4 Å². The van der Waals surface area contributed by atoms with Crippen molar-refractivity contribution in [1.82, 2.24) is 15.1 Å². The molecule has 0 amide bonds. The Morgan fingerprint density at radius 1 is 1.00 bits per heavy atom. The summed E-state index contributed by atoms with van der Waals surface area (Å²) in [5, 5.41) is 3.31. The Labute approximate surface area is 153 Å². The van der Waals surface area contributed by atoms with Crippen LogP contribution in [-0.2, 0) is 23.8 Å². The fourth-order valence-electron chi connectivity index (χ4n) is 2.48. The maximum absolute atomic E-state index is 12.5. The quantitative estimate of drug-likeness (QED) is 0.616. The number of aromatic nitrogens is 3. The van der Waals surface area contributed by atoms with Crippen molar-refractivity contribution in [3.05, 3.63) is 65.8 Å². The molecule has 0 saturated heterocycles. The fourth-order valence-corrected chi connectivity index (χ4v) is 2.48. The van der Waals surface area contributed by atoms with E-state index in [1.807, 2.05) is 30.3 Å². The number of aryl methyl sites for hydroxylation is 2. The minimum absolute atomic E-state index is 0.137. The molecule has 0 aliphatic heterocycles. The van der Waals surface area contributed by atoms with Gasteiger partial charge in [-0.1, -0.05) is 35.5 Å². The first-order valence-corrected chi connectivity index (χ1v) is 8.33. The van der Waals surface area contributed by atoms with Gasteiger partial charge in [0.05, 0.1) is 0 Å². The maximum atomic E-state index is 12.5. The lowest BCUT2D eigenvalue weighted by Gasteiger charge is -2.03. The van der Waals surface area contributed by atoms with Gasteiger partial charge in [-0.2, -0.15) is 18.2 Å². The van der Waals surface area contributed by atoms with Crippen LogP contribution < -0.4 is 0 Å². The molecule has 140 valence electrons. The summed E-state index contributed by atoms with van der Waals surface area (Å²) in [5.74, 6) is -1.44. The Morgan fingerprint density at radius 2 is 1.74 bits per heavy atom. The highest BCUT2D eigenvalue weighted by molar-refractivity contribution is 5.78. The second-order valence-corrected chi connectivity index (χ2v) is 5.98. The van der Waals surface area contributed by atoms with E-state index in [9.17, 15) is 18.0 Å². The number of carbonyl (C=O) groups is 1. The first kappa shape index (κ1) is 18.8. The Morgan fingerprint density at radius 3 is 2.37 bits per heavy atom. The Kier molecular flexibility index (Phi) is 5.63. The number of halogens is 3. The summed E-state index contributed by atoms with van der Waals surface area (Å²) in [5.41, 5.74) is 2.10. The van der Waals surface area contributed by atoms with Crippen LogP contribution in [0.1, 0.15) is 30.0 Å². The number of benzene rings is 1. The van der Waals surface area contributed by atoms with E-state index in [0.29, 0.717) is 36.9 Å². The van der Waals surface area contributed by atoms with E-state index in [0.717, 1.165) is 5.56 Å². The Bertz CT molecular complexity index is 891. The molecular weight excluding hydrogens is 359 g/mol. The van der Waals surface area contributed by atoms with Gasteiger partial charge in [0.2, 0.25) is 5.82 Å². The molecule has 0 saturated carbocycles. The van der Waals surface area contributed by atoms with Gasteiger partial charge in [-0.25, -0.2) is 0 Å². The molecule has 0 fully saturated rings. The summed E-state index contributed by atoms with van der Waals surface area (Å²) in [7, 11) is 0. The SMILES string of the molecule is O=C(CCc1ccccc1)CCc1ccc(-c2noc(C(F)(F)F)n2)cn1. The van der Waals surface area contributed by atoms with Crippen molar-refractivity contribution in [3.63, 3.8) is 0 Å². The molecule has 3 rings (SSSR count). The molecule has 3 aromatic rings. The number of rotatable bonds is 7. The maximum Gasteiger partial charge on any atom is 0.471 e. The van der Waals surface area contributed by atoms with E-state index < -0.39 is 12.1 Å². The zero-order valence-electron chi connectivity index (χ0n) is 14.2. The summed E-state index contributed by atoms with van der Waals surface area (Å²) >= 11 is 0. The zero-order chi connectivity index (χ0) is 19.3. The number of hydrogen-bond donors (Lipinski definition) is 0. The van der Waals surface area contributed by atoms with Gasteiger partial charge in [0.25, 0.3) is 0 Å². The number of pyridine rings is 1. The molecule has 0 radical (unpaired) electrons. The van der Waals surface area contributed by atoms with Gasteiger partial charge in [-0.05, 0) is 30.5 Å². The van der Waals surface area contributed by atoms with Crippen molar-refractivity contribution < 1.29 is 22.5 Å². The van der Waals surface area contributed by atoms with Crippen molar-refractivity contribution in [2.75, 3.05) is 0 Å². The van der Waals surface area contributed by atoms with Crippen LogP contribution in [0.15, 0.2) is 53.2 Å². The molecule has 5 nitrogen and oxygen atoms in total. The van der Waals surface area contributed by atoms with Crippen LogP contribution in [0, 0.1) is 0 Å². The number of carbonyl (C=O) groups excluding carboxylic acids is 1. The number of alkyl halides is 3. The average molecular weight is 375 g/mol. The summed E-state index contributed by atoms with van der Waals surface area (Å²) in [6.45, 7) is 0. The molecule has 0 aliphatic rings. The molecule has 0 bridgehead atoms. The van der Waals surface area contributed by atoms with Crippen LogP contribution in [0.25, 0.3) is 11.4 Å². The van der Waals surface area contributed by atoms with Crippen LogP contribution >= 0.6 is 0 Å². The summed E-state index contributed by atoms with van der Waals surface area (Å²) in [6, 6.07) is 13.0. The third kappa shape index (κ3) is 5.22. The molecule has 8 heteroatoms. The lowest BCUT2D eigenvalue weighted by atomic mass is 10.0. The number of Topliss-reactive ketones (excluding diaryl/α,β-unsaturated/α-hetero) is 1. The van der Waals surface area contributed by atoms with Crippen LogP contribution in [0.3, 0.4) is 0 Å². The Hall–Kier alpha value is -3.03. The highest BCUT2D eigenvalue weighted by Crippen LogP contribution is 2.29. The molecule has 0 N–H and O–H groups in total. The molecule has 0 atom stereocenters. The molecule has 1 aromatic carbocycles. The molecular formula is C19H16F3N3O2. The van der Waals surface area contributed by atoms with Crippen LogP contribution in [0.5, 0.6) is 0 Å². The summed E-state index contributed by atoms with van der Waals surface area (Å²) in [4.78, 5) is 19.5. The third-order valence-electron chi connectivity index (χ3n) is 3.95. The fraction of sp³-hybridized carbons (Fsp3) is 0.263. The minimum Gasteiger partial charge on any atom is -0.329 e. The first-order valence-electron chi connectivity index (χ1n) is 8.33. The van der Waals surface area contributed by atoms with Gasteiger partial charge >= 0.3 is 12.1 Å². The Balaban J connectivity index is 1.52. The number of hydrogen-bond acceptors (Lipinski definition) is 5. The van der Waals surface area contributed by atoms with Crippen LogP contribution in [0.4, 0.5) is 13.2 Å². The third-order valence-corrected chi connectivity index (χ3v) is 3.95. The van der Waals surface area contributed by atoms with Crippen molar-refractivity contribution in [1.29, 1.82) is 0 Å². The van der Waals surface area contributed by atoms with Gasteiger partial charge in [-0.3, -0.25) is 9.78 Å². The highest BCUT2D eigenvalue weighted by atomic mass is 19.4. The van der Waals surface area contributed by atoms with Crippen LogP contribution in [-0.4, -0.2) is 20.9 Å². The van der Waals surface area contributed by atoms with E-state index in [1.165, 1.54) is 6.20 Å². The topological polar surface area (TPSA) is 68.9 Å². The summed E-state index contributed by atoms with van der Waals surface area (Å²) in [6.07, 6.45) is -1.32. The minimum atomic E-state index is -4.68. The predicted molar refractivity (Wildman–Crippen MR) is 90.6 cm³/mol. The molecule has 0 spiro atoms. The second kappa shape index (κ2) is 8.11. The normalized spacial score (nSPS) is 11.5. The molecule has 27 heavy (non-hydrogen) atoms. The zero-order valence-corrected chi connectivity index (χ0v) is 14.2. The van der Waals surface area contributed by atoms with Crippen molar-refractivity contribution in [2.45, 2.75) is 31.9 Å². The van der Waals surface area contributed by atoms with E-state index in [-0.39, 0.29) is 11.6 Å². The molecule has 2 heterocycles. The van der Waals surface area contributed by atoms with Gasteiger partial charge in [0.15, 0.2) is 0 Å². The monoisotopic (exact) mass is 375 g/mol. The number of nitrogens with zero attached hydrogens (tertiary/aromatic N) is 3. The number of ketones is 1. The van der Waals surface area contributed by atoms with E-state index in [2.05, 4.69) is 19.6 Å². The van der Waals surface area contributed by atoms with E-state index in [1.54, 1.807) is 12.1 Å². The van der Waals surface area contributed by atoms with Crippen LogP contribution in [0.2, 0.25) is 0 Å². The standard InChI is InChI=1S/C19H16F3N3O2/c20-19(21,22)18-24-17(25-27-18)14-7-8-15(23-12-14)9-11-16(26)10-6-13-4-2-1-3-5-13/h1-5,7-8,12H,6,9-11H2. The molecule has 0 unspecified atom stereocenters. The van der Waals surface area contributed by atoms with Gasteiger partial charge in [-0.15, -0.1) is 0 Å². The molecule has 0 aliphatic carbocycles. The van der Waals surface area contributed by atoms with E-state index in [4.69, 9.17) is 0 Å². The molecule has 2 aromatic heterocycles. The first-order chi connectivity index (χ1) is 12.9. The van der Waals surface area contributed by atoms with Gasteiger partial charge in [0, 0.05) is 30.3 Å². The lowest BCUT2D eigenvalue weighted by Crippen LogP contribution is -2.05. The van der Waals surface area contributed by atoms with E-state index >= 15 is 0 Å². The lowest BCUT2D eigenvalue weighted by molar-refractivity contribution is -0.159. The van der Waals surface area contributed by atoms with Crippen molar-refractivity contribution >= 4 is 5.78 Å². The highest BCUT2D eigenvalue weighted by Gasteiger charge is 2.38. The van der Waals surface area contributed by atoms with Gasteiger partial charge < -0.3 is 4.52 Å². The predicted octanol–water partition coefficient (Wildman–Crippen LogP) is 4.28. The van der Waals surface area contributed by atoms with Gasteiger partial charge in [0.1, 0.15) is 5.78 Å². The second-order valence-electron chi connectivity index (χ2n) is 5.98.